The highest BCUT2D eigenvalue weighted by atomic mass is 19.1. The van der Waals surface area contributed by atoms with Crippen LogP contribution in [0.25, 0.3) is 0 Å². The van der Waals surface area contributed by atoms with Gasteiger partial charge in [-0.2, -0.15) is 0 Å². The van der Waals surface area contributed by atoms with E-state index in [1.807, 2.05) is 37.2 Å². The zero-order valence-electron chi connectivity index (χ0n) is 14.5. The Morgan fingerprint density at radius 2 is 1.96 bits per heavy atom. The second-order valence-corrected chi connectivity index (χ2v) is 6.85. The first-order chi connectivity index (χ1) is 11.9. The summed E-state index contributed by atoms with van der Waals surface area (Å²) in [7, 11) is 3.96. The van der Waals surface area contributed by atoms with E-state index in [-0.39, 0.29) is 17.8 Å². The van der Waals surface area contributed by atoms with E-state index < -0.39 is 6.10 Å². The van der Waals surface area contributed by atoms with Crippen LogP contribution < -0.4 is 0 Å². The molecule has 1 aliphatic heterocycles. The number of carbonyl (C=O) groups is 1. The molecule has 1 aliphatic rings. The molecule has 0 radical (unpaired) electrons. The summed E-state index contributed by atoms with van der Waals surface area (Å²) < 4.78 is 13.2. The van der Waals surface area contributed by atoms with Gasteiger partial charge in [-0.1, -0.05) is 24.3 Å². The molecule has 2 atom stereocenters. The van der Waals surface area contributed by atoms with Crippen LogP contribution in [0.15, 0.2) is 48.5 Å². The van der Waals surface area contributed by atoms with Crippen molar-refractivity contribution in [1.29, 1.82) is 0 Å². The van der Waals surface area contributed by atoms with Crippen molar-refractivity contribution in [3.8, 4) is 0 Å². The highest BCUT2D eigenvalue weighted by Crippen LogP contribution is 2.33. The Labute approximate surface area is 147 Å². The van der Waals surface area contributed by atoms with Crippen molar-refractivity contribution in [2.45, 2.75) is 25.1 Å². The Kier molecular flexibility index (Phi) is 5.16. The second-order valence-electron chi connectivity index (χ2n) is 6.85. The van der Waals surface area contributed by atoms with Crippen molar-refractivity contribution in [2.24, 2.45) is 0 Å². The zero-order valence-corrected chi connectivity index (χ0v) is 14.5. The SMILES string of the molecule is CN(C)Cc1cccc(C(=O)N2C[C@H](O)C[C@@H]2c2ccc(F)cc2)c1. The Hall–Kier alpha value is -2.24. The van der Waals surface area contributed by atoms with E-state index in [1.54, 1.807) is 23.1 Å². The van der Waals surface area contributed by atoms with Crippen molar-refractivity contribution in [3.63, 3.8) is 0 Å². The Morgan fingerprint density at radius 3 is 2.64 bits per heavy atom. The van der Waals surface area contributed by atoms with E-state index in [1.165, 1.54) is 12.1 Å². The van der Waals surface area contributed by atoms with Gasteiger partial charge < -0.3 is 14.9 Å². The molecule has 4 nitrogen and oxygen atoms in total. The fraction of sp³-hybridized carbons (Fsp3) is 0.350. The van der Waals surface area contributed by atoms with Crippen molar-refractivity contribution in [2.75, 3.05) is 20.6 Å². The van der Waals surface area contributed by atoms with Gasteiger partial charge in [0.2, 0.25) is 0 Å². The average Bonchev–Trinajstić information content (AvgIpc) is 2.96. The van der Waals surface area contributed by atoms with Crippen molar-refractivity contribution >= 4 is 5.91 Å². The number of likely N-dealkylation sites (tertiary alicyclic amines) is 1. The van der Waals surface area contributed by atoms with Crippen LogP contribution in [-0.4, -0.2) is 47.6 Å². The summed E-state index contributed by atoms with van der Waals surface area (Å²) in [5.41, 5.74) is 2.52. The topological polar surface area (TPSA) is 43.8 Å². The molecule has 2 aromatic carbocycles. The van der Waals surface area contributed by atoms with Crippen LogP contribution in [0.1, 0.15) is 33.9 Å². The number of hydrogen-bond donors (Lipinski definition) is 1. The summed E-state index contributed by atoms with van der Waals surface area (Å²) in [6.07, 6.45) is -0.0988. The summed E-state index contributed by atoms with van der Waals surface area (Å²) >= 11 is 0. The molecule has 1 fully saturated rings. The molecule has 0 unspecified atom stereocenters. The van der Waals surface area contributed by atoms with Crippen LogP contribution in [0.5, 0.6) is 0 Å². The first-order valence-corrected chi connectivity index (χ1v) is 8.42. The number of aliphatic hydroxyl groups excluding tert-OH is 1. The zero-order chi connectivity index (χ0) is 18.0. The third kappa shape index (κ3) is 4.06. The van der Waals surface area contributed by atoms with Crippen molar-refractivity contribution in [1.82, 2.24) is 9.80 Å². The molecule has 132 valence electrons. The van der Waals surface area contributed by atoms with Crippen LogP contribution in [-0.2, 0) is 6.54 Å². The lowest BCUT2D eigenvalue weighted by molar-refractivity contribution is 0.0715. The van der Waals surface area contributed by atoms with Crippen molar-refractivity contribution in [3.05, 3.63) is 71.0 Å². The molecule has 0 spiro atoms. The lowest BCUT2D eigenvalue weighted by Gasteiger charge is -2.25. The number of rotatable bonds is 4. The molecule has 2 aromatic rings. The van der Waals surface area contributed by atoms with Gasteiger partial charge in [0, 0.05) is 18.7 Å². The van der Waals surface area contributed by atoms with Crippen LogP contribution in [0.4, 0.5) is 4.39 Å². The molecule has 0 saturated carbocycles. The molecule has 25 heavy (non-hydrogen) atoms. The molecular weight excluding hydrogens is 319 g/mol. The van der Waals surface area contributed by atoms with E-state index in [0.717, 1.165) is 17.7 Å². The van der Waals surface area contributed by atoms with Crippen LogP contribution >= 0.6 is 0 Å². The predicted molar refractivity (Wildman–Crippen MR) is 94.6 cm³/mol. The maximum Gasteiger partial charge on any atom is 0.254 e. The summed E-state index contributed by atoms with van der Waals surface area (Å²) in [6.45, 7) is 1.05. The standard InChI is InChI=1S/C20H23FN2O2/c1-22(2)12-14-4-3-5-16(10-14)20(25)23-13-18(24)11-19(23)15-6-8-17(21)9-7-15/h3-10,18-19,24H,11-13H2,1-2H3/t18-,19-/m1/s1. The summed E-state index contributed by atoms with van der Waals surface area (Å²) in [5.74, 6) is -0.414. The molecule has 1 amide bonds. The Morgan fingerprint density at radius 1 is 1.24 bits per heavy atom. The van der Waals surface area contributed by atoms with Gasteiger partial charge in [-0.15, -0.1) is 0 Å². The number of nitrogens with zero attached hydrogens (tertiary/aromatic N) is 2. The molecule has 0 aliphatic carbocycles. The minimum atomic E-state index is -0.566. The molecule has 0 bridgehead atoms. The number of aliphatic hydroxyl groups is 1. The van der Waals surface area contributed by atoms with E-state index in [2.05, 4.69) is 0 Å². The highest BCUT2D eigenvalue weighted by Gasteiger charge is 2.35. The van der Waals surface area contributed by atoms with Gasteiger partial charge >= 0.3 is 0 Å². The number of carbonyl (C=O) groups excluding carboxylic acids is 1. The summed E-state index contributed by atoms with van der Waals surface area (Å²) in [6, 6.07) is 13.5. The molecule has 0 aromatic heterocycles. The first-order valence-electron chi connectivity index (χ1n) is 8.42. The smallest absolute Gasteiger partial charge is 0.254 e. The lowest BCUT2D eigenvalue weighted by Crippen LogP contribution is -2.31. The first kappa shape index (κ1) is 17.6. The normalized spacial score (nSPS) is 20.3. The molecular formula is C20H23FN2O2. The Bertz CT molecular complexity index is 746. The number of β-amino-alcohol motifs (C(OH)–C–C–N with tert-alkyl or cyclic N) is 1. The van der Waals surface area contributed by atoms with Gasteiger partial charge in [-0.25, -0.2) is 4.39 Å². The maximum atomic E-state index is 13.2. The maximum absolute atomic E-state index is 13.2. The number of hydrogen-bond acceptors (Lipinski definition) is 3. The minimum absolute atomic E-state index is 0.105. The average molecular weight is 342 g/mol. The Balaban J connectivity index is 1.85. The molecule has 1 saturated heterocycles. The molecule has 1 heterocycles. The van der Waals surface area contributed by atoms with Gasteiger partial charge in [0.05, 0.1) is 12.1 Å². The van der Waals surface area contributed by atoms with Crippen LogP contribution in [0, 0.1) is 5.82 Å². The second kappa shape index (κ2) is 7.33. The van der Waals surface area contributed by atoms with Gasteiger partial charge in [-0.05, 0) is 55.9 Å². The van der Waals surface area contributed by atoms with E-state index in [0.29, 0.717) is 18.5 Å². The molecule has 5 heteroatoms. The number of benzene rings is 2. The lowest BCUT2D eigenvalue weighted by atomic mass is 10.0. The van der Waals surface area contributed by atoms with E-state index in [9.17, 15) is 14.3 Å². The highest BCUT2D eigenvalue weighted by molar-refractivity contribution is 5.95. The van der Waals surface area contributed by atoms with Crippen LogP contribution in [0.3, 0.4) is 0 Å². The largest absolute Gasteiger partial charge is 0.391 e. The van der Waals surface area contributed by atoms with Gasteiger partial charge in [0.15, 0.2) is 0 Å². The summed E-state index contributed by atoms with van der Waals surface area (Å²) in [4.78, 5) is 16.7. The molecule has 1 N–H and O–H groups in total. The van der Waals surface area contributed by atoms with Gasteiger partial charge in [0.1, 0.15) is 5.82 Å². The van der Waals surface area contributed by atoms with Crippen molar-refractivity contribution < 1.29 is 14.3 Å². The van der Waals surface area contributed by atoms with E-state index in [4.69, 9.17) is 0 Å². The minimum Gasteiger partial charge on any atom is -0.391 e. The third-order valence-electron chi connectivity index (χ3n) is 4.47. The fourth-order valence-electron chi connectivity index (χ4n) is 3.37. The number of halogens is 1. The van der Waals surface area contributed by atoms with Gasteiger partial charge in [0.25, 0.3) is 5.91 Å². The van der Waals surface area contributed by atoms with E-state index >= 15 is 0 Å². The predicted octanol–water partition coefficient (Wildman–Crippen LogP) is 2.84. The monoisotopic (exact) mass is 342 g/mol. The fourth-order valence-corrected chi connectivity index (χ4v) is 3.37. The summed E-state index contributed by atoms with van der Waals surface area (Å²) in [5, 5.41) is 10.1. The van der Waals surface area contributed by atoms with Crippen LogP contribution in [0.2, 0.25) is 0 Å². The number of amides is 1. The third-order valence-corrected chi connectivity index (χ3v) is 4.47. The molecule has 3 rings (SSSR count). The quantitative estimate of drug-likeness (QED) is 0.929. The van der Waals surface area contributed by atoms with Gasteiger partial charge in [-0.3, -0.25) is 4.79 Å².